The van der Waals surface area contributed by atoms with Crippen LogP contribution in [0, 0.1) is 11.3 Å². The maximum atomic E-state index is 13.7. The van der Waals surface area contributed by atoms with Crippen molar-refractivity contribution in [1.29, 1.82) is 5.26 Å². The van der Waals surface area contributed by atoms with Gasteiger partial charge in [0.1, 0.15) is 28.5 Å². The van der Waals surface area contributed by atoms with E-state index >= 15 is 0 Å². The molecule has 0 bridgehead atoms. The topological polar surface area (TPSA) is 106 Å². The Bertz CT molecular complexity index is 1380. The van der Waals surface area contributed by atoms with Crippen molar-refractivity contribution in [3.05, 3.63) is 88.2 Å². The molecule has 4 aromatic rings. The smallest absolute Gasteiger partial charge is 0.278 e. The molecule has 1 fully saturated rings. The summed E-state index contributed by atoms with van der Waals surface area (Å²) in [5.74, 6) is 0.732. The summed E-state index contributed by atoms with van der Waals surface area (Å²) in [4.78, 5) is 24.6. The van der Waals surface area contributed by atoms with Gasteiger partial charge in [0, 0.05) is 38.1 Å². The van der Waals surface area contributed by atoms with Gasteiger partial charge in [-0.25, -0.2) is 4.98 Å². The molecular weight excluding hydrogens is 450 g/mol. The van der Waals surface area contributed by atoms with E-state index in [1.807, 2.05) is 47.0 Å². The minimum absolute atomic E-state index is 0. The van der Waals surface area contributed by atoms with Gasteiger partial charge in [0.05, 0.1) is 12.9 Å². The zero-order valence-electron chi connectivity index (χ0n) is 18.7. The normalized spacial score (nSPS) is 15.6. The number of nitrogens with zero attached hydrogens (tertiary/aromatic N) is 6. The summed E-state index contributed by atoms with van der Waals surface area (Å²) in [6.45, 7) is 2.26. The van der Waals surface area contributed by atoms with Gasteiger partial charge in [-0.05, 0) is 30.0 Å². The molecule has 0 radical (unpaired) electrons. The number of benzene rings is 1. The Morgan fingerprint density at radius 2 is 1.91 bits per heavy atom. The van der Waals surface area contributed by atoms with Crippen molar-refractivity contribution in [2.75, 3.05) is 18.0 Å². The number of aromatic nitrogens is 4. The highest BCUT2D eigenvalue weighted by atomic mass is 35.5. The summed E-state index contributed by atoms with van der Waals surface area (Å²) in [6, 6.07) is 16.1. The molecule has 8 nitrogen and oxygen atoms in total. The Hall–Kier alpha value is -3.67. The van der Waals surface area contributed by atoms with Crippen LogP contribution in [0.15, 0.2) is 66.0 Å². The highest BCUT2D eigenvalue weighted by Gasteiger charge is 2.28. The number of piperidine rings is 1. The molecule has 174 valence electrons. The highest BCUT2D eigenvalue weighted by molar-refractivity contribution is 5.89. The average Bonchev–Trinajstić information content (AvgIpc) is 3.16. The molecule has 3 aromatic heterocycles. The first kappa shape index (κ1) is 23.5. The molecule has 1 atom stereocenters. The van der Waals surface area contributed by atoms with Gasteiger partial charge in [-0.15, -0.1) is 12.4 Å². The zero-order valence-corrected chi connectivity index (χ0v) is 19.5. The molecule has 34 heavy (non-hydrogen) atoms. The van der Waals surface area contributed by atoms with Gasteiger partial charge >= 0.3 is 0 Å². The fourth-order valence-corrected chi connectivity index (χ4v) is 4.61. The number of pyridine rings is 1. The molecule has 0 spiro atoms. The van der Waals surface area contributed by atoms with Crippen LogP contribution in [-0.4, -0.2) is 38.2 Å². The SMILES string of the molecule is Cl.N#Cc1c(N2CCCC(N)C2)n(Cc2ccccc2)c2c(=O)n(Cc3cccnc3)cnc12. The van der Waals surface area contributed by atoms with Gasteiger partial charge < -0.3 is 15.2 Å². The van der Waals surface area contributed by atoms with Crippen molar-refractivity contribution in [3.8, 4) is 6.07 Å². The Morgan fingerprint density at radius 1 is 1.12 bits per heavy atom. The summed E-state index contributed by atoms with van der Waals surface area (Å²) in [6.07, 6.45) is 6.86. The average molecular weight is 476 g/mol. The predicted octanol–water partition coefficient (Wildman–Crippen LogP) is 2.91. The predicted molar refractivity (Wildman–Crippen MR) is 134 cm³/mol. The number of nitrogens with two attached hydrogens (primary N) is 1. The van der Waals surface area contributed by atoms with Gasteiger partial charge in [0.2, 0.25) is 0 Å². The van der Waals surface area contributed by atoms with E-state index in [2.05, 4.69) is 20.9 Å². The summed E-state index contributed by atoms with van der Waals surface area (Å²) in [7, 11) is 0. The second-order valence-corrected chi connectivity index (χ2v) is 8.47. The molecule has 1 aliphatic heterocycles. The van der Waals surface area contributed by atoms with E-state index in [1.54, 1.807) is 17.0 Å². The quantitative estimate of drug-likeness (QED) is 0.475. The molecule has 0 saturated carbocycles. The van der Waals surface area contributed by atoms with E-state index in [1.165, 1.54) is 6.33 Å². The fraction of sp³-hybridized carbons (Fsp3) is 0.280. The minimum atomic E-state index is -0.177. The standard InChI is InChI=1S/C25H25N7O.ClH/c26-12-21-22-23(25(33)31(17-29-22)14-19-8-4-10-28-13-19)32(15-18-6-2-1-3-7-18)24(21)30-11-5-9-20(27)16-30;/h1-4,6-8,10,13,17,20H,5,9,11,14-16,27H2;1H. The minimum Gasteiger partial charge on any atom is -0.355 e. The van der Waals surface area contributed by atoms with Crippen molar-refractivity contribution in [2.45, 2.75) is 32.0 Å². The van der Waals surface area contributed by atoms with E-state index in [-0.39, 0.29) is 24.0 Å². The third-order valence-electron chi connectivity index (χ3n) is 6.13. The van der Waals surface area contributed by atoms with Crippen LogP contribution in [0.5, 0.6) is 0 Å². The molecule has 9 heteroatoms. The molecule has 1 saturated heterocycles. The van der Waals surface area contributed by atoms with Crippen LogP contribution < -0.4 is 16.2 Å². The lowest BCUT2D eigenvalue weighted by Crippen LogP contribution is -2.44. The number of nitriles is 1. The van der Waals surface area contributed by atoms with Crippen LogP contribution in [0.4, 0.5) is 5.82 Å². The largest absolute Gasteiger partial charge is 0.355 e. The van der Waals surface area contributed by atoms with Crippen LogP contribution in [-0.2, 0) is 13.1 Å². The van der Waals surface area contributed by atoms with Crippen LogP contribution in [0.25, 0.3) is 11.0 Å². The summed E-state index contributed by atoms with van der Waals surface area (Å²) in [5, 5.41) is 10.1. The Kier molecular flexibility index (Phi) is 6.96. The first-order chi connectivity index (χ1) is 16.2. The molecule has 1 aliphatic rings. The third-order valence-corrected chi connectivity index (χ3v) is 6.13. The van der Waals surface area contributed by atoms with E-state index in [9.17, 15) is 10.1 Å². The van der Waals surface area contributed by atoms with E-state index < -0.39 is 0 Å². The van der Waals surface area contributed by atoms with Crippen LogP contribution >= 0.6 is 12.4 Å². The molecule has 1 unspecified atom stereocenters. The van der Waals surface area contributed by atoms with Gasteiger partial charge in [-0.2, -0.15) is 5.26 Å². The van der Waals surface area contributed by atoms with Gasteiger partial charge in [0.15, 0.2) is 0 Å². The maximum Gasteiger partial charge on any atom is 0.278 e. The molecule has 5 rings (SSSR count). The number of anilines is 1. The molecular formula is C25H26ClN7O. The zero-order chi connectivity index (χ0) is 22.8. The summed E-state index contributed by atoms with van der Waals surface area (Å²) in [5.41, 5.74) is 9.36. The lowest BCUT2D eigenvalue weighted by Gasteiger charge is -2.33. The first-order valence-corrected chi connectivity index (χ1v) is 11.1. The van der Waals surface area contributed by atoms with Crippen LogP contribution in [0.2, 0.25) is 0 Å². The van der Waals surface area contributed by atoms with Gasteiger partial charge in [-0.3, -0.25) is 14.3 Å². The number of hydrogen-bond donors (Lipinski definition) is 1. The second kappa shape index (κ2) is 10.1. The molecule has 0 amide bonds. The van der Waals surface area contributed by atoms with Crippen molar-refractivity contribution in [1.82, 2.24) is 19.1 Å². The number of fused-ring (bicyclic) bond motifs is 1. The van der Waals surface area contributed by atoms with Crippen molar-refractivity contribution >= 4 is 29.3 Å². The Morgan fingerprint density at radius 3 is 2.62 bits per heavy atom. The van der Waals surface area contributed by atoms with Gasteiger partial charge in [0.25, 0.3) is 5.56 Å². The van der Waals surface area contributed by atoms with Crippen LogP contribution in [0.3, 0.4) is 0 Å². The van der Waals surface area contributed by atoms with Crippen molar-refractivity contribution in [2.24, 2.45) is 5.73 Å². The maximum absolute atomic E-state index is 13.7. The Labute approximate surface area is 203 Å². The highest BCUT2D eigenvalue weighted by Crippen LogP contribution is 2.32. The third kappa shape index (κ3) is 4.40. The van der Waals surface area contributed by atoms with Crippen LogP contribution in [0.1, 0.15) is 29.5 Å². The van der Waals surface area contributed by atoms with Gasteiger partial charge in [-0.1, -0.05) is 36.4 Å². The Balaban J connectivity index is 0.00000274. The number of hydrogen-bond acceptors (Lipinski definition) is 6. The summed E-state index contributed by atoms with van der Waals surface area (Å²) >= 11 is 0. The molecule has 0 aliphatic carbocycles. The molecule has 4 heterocycles. The lowest BCUT2D eigenvalue weighted by atomic mass is 10.1. The second-order valence-electron chi connectivity index (χ2n) is 8.47. The van der Waals surface area contributed by atoms with Crippen molar-refractivity contribution < 1.29 is 0 Å². The first-order valence-electron chi connectivity index (χ1n) is 11.1. The number of rotatable bonds is 5. The van der Waals surface area contributed by atoms with E-state index in [0.29, 0.717) is 36.2 Å². The lowest BCUT2D eigenvalue weighted by molar-refractivity contribution is 0.498. The molecule has 1 aromatic carbocycles. The monoisotopic (exact) mass is 475 g/mol. The summed E-state index contributed by atoms with van der Waals surface area (Å²) < 4.78 is 3.53. The van der Waals surface area contributed by atoms with Crippen molar-refractivity contribution in [3.63, 3.8) is 0 Å². The fourth-order valence-electron chi connectivity index (χ4n) is 4.61. The van der Waals surface area contributed by atoms with E-state index in [0.717, 1.165) is 36.3 Å². The molecule has 2 N–H and O–H groups in total. The van der Waals surface area contributed by atoms with E-state index in [4.69, 9.17) is 5.73 Å². The number of halogens is 1.